The van der Waals surface area contributed by atoms with Crippen molar-refractivity contribution < 1.29 is 19.4 Å². The molecular formula is C16H15NO4. The Kier molecular flexibility index (Phi) is 4.93. The molecular weight excluding hydrogens is 270 g/mol. The van der Waals surface area contributed by atoms with Crippen LogP contribution in [-0.2, 0) is 16.2 Å². The van der Waals surface area contributed by atoms with E-state index in [0.29, 0.717) is 24.5 Å². The van der Waals surface area contributed by atoms with Gasteiger partial charge in [0, 0.05) is 5.69 Å². The molecule has 0 saturated heterocycles. The first-order valence-corrected chi connectivity index (χ1v) is 6.39. The highest BCUT2D eigenvalue weighted by Crippen LogP contribution is 2.19. The molecule has 0 unspecified atom stereocenters. The van der Waals surface area contributed by atoms with E-state index < -0.39 is 5.97 Å². The molecule has 108 valence electrons. The summed E-state index contributed by atoms with van der Waals surface area (Å²) in [5.74, 6) is -0.407. The van der Waals surface area contributed by atoms with Gasteiger partial charge in [-0.1, -0.05) is 30.3 Å². The number of rotatable bonds is 7. The van der Waals surface area contributed by atoms with E-state index in [9.17, 15) is 9.59 Å². The van der Waals surface area contributed by atoms with Crippen LogP contribution in [0, 0.1) is 0 Å². The minimum Gasteiger partial charge on any atom is -0.489 e. The quantitative estimate of drug-likeness (QED) is 0.793. The predicted molar refractivity (Wildman–Crippen MR) is 78.3 cm³/mol. The fraction of sp³-hybridized carbons (Fsp3) is 0.125. The third-order valence-corrected chi connectivity index (χ3v) is 2.85. The van der Waals surface area contributed by atoms with E-state index >= 15 is 0 Å². The lowest BCUT2D eigenvalue weighted by molar-refractivity contribution is -0.136. The van der Waals surface area contributed by atoms with Crippen LogP contribution in [0.4, 0.5) is 5.69 Å². The SMILES string of the molecule is O=CN(CC(=O)O)c1ccc(OCc2ccccc2)cc1. The average molecular weight is 285 g/mol. The monoisotopic (exact) mass is 285 g/mol. The molecule has 0 aromatic heterocycles. The Hall–Kier alpha value is -2.82. The normalized spacial score (nSPS) is 9.90. The van der Waals surface area contributed by atoms with Gasteiger partial charge in [0.25, 0.3) is 0 Å². The first-order valence-electron chi connectivity index (χ1n) is 6.39. The third kappa shape index (κ3) is 4.35. The fourth-order valence-corrected chi connectivity index (χ4v) is 1.81. The molecule has 0 aliphatic heterocycles. The molecule has 0 radical (unpaired) electrons. The van der Waals surface area contributed by atoms with Gasteiger partial charge in [-0.3, -0.25) is 9.59 Å². The maximum atomic E-state index is 10.9. The zero-order chi connectivity index (χ0) is 15.1. The summed E-state index contributed by atoms with van der Waals surface area (Å²) in [6.07, 6.45) is 0.494. The highest BCUT2D eigenvalue weighted by Gasteiger charge is 2.09. The summed E-state index contributed by atoms with van der Waals surface area (Å²) >= 11 is 0. The van der Waals surface area contributed by atoms with E-state index in [0.717, 1.165) is 10.5 Å². The number of ether oxygens (including phenoxy) is 1. The highest BCUT2D eigenvalue weighted by molar-refractivity contribution is 5.84. The van der Waals surface area contributed by atoms with Gasteiger partial charge in [-0.25, -0.2) is 0 Å². The summed E-state index contributed by atoms with van der Waals surface area (Å²) in [7, 11) is 0. The predicted octanol–water partition coefficient (Wildman–Crippen LogP) is 2.31. The number of hydrogen-bond acceptors (Lipinski definition) is 3. The molecule has 5 nitrogen and oxygen atoms in total. The number of benzene rings is 2. The van der Waals surface area contributed by atoms with Crippen LogP contribution >= 0.6 is 0 Å². The zero-order valence-electron chi connectivity index (χ0n) is 11.3. The van der Waals surface area contributed by atoms with Gasteiger partial charge in [-0.05, 0) is 29.8 Å². The first kappa shape index (κ1) is 14.6. The third-order valence-electron chi connectivity index (χ3n) is 2.85. The van der Waals surface area contributed by atoms with Crippen molar-refractivity contribution in [2.75, 3.05) is 11.4 Å². The molecule has 1 amide bonds. The molecule has 2 rings (SSSR count). The molecule has 0 aliphatic carbocycles. The summed E-state index contributed by atoms with van der Waals surface area (Å²) in [6.45, 7) is 0.0838. The van der Waals surface area contributed by atoms with E-state index in [1.165, 1.54) is 0 Å². The van der Waals surface area contributed by atoms with Gasteiger partial charge in [0.1, 0.15) is 18.9 Å². The number of anilines is 1. The smallest absolute Gasteiger partial charge is 0.323 e. The van der Waals surface area contributed by atoms with Crippen LogP contribution in [0.2, 0.25) is 0 Å². The molecule has 0 spiro atoms. The van der Waals surface area contributed by atoms with Crippen LogP contribution < -0.4 is 9.64 Å². The lowest BCUT2D eigenvalue weighted by Crippen LogP contribution is -2.27. The van der Waals surface area contributed by atoms with E-state index in [1.807, 2.05) is 30.3 Å². The summed E-state index contributed by atoms with van der Waals surface area (Å²) in [5, 5.41) is 8.72. The van der Waals surface area contributed by atoms with Crippen molar-refractivity contribution in [2.45, 2.75) is 6.61 Å². The lowest BCUT2D eigenvalue weighted by Gasteiger charge is -2.15. The molecule has 2 aromatic rings. The molecule has 5 heteroatoms. The summed E-state index contributed by atoms with van der Waals surface area (Å²) in [4.78, 5) is 22.6. The second-order valence-electron chi connectivity index (χ2n) is 4.40. The van der Waals surface area contributed by atoms with Gasteiger partial charge >= 0.3 is 5.97 Å². The molecule has 0 fully saturated rings. The van der Waals surface area contributed by atoms with Crippen molar-refractivity contribution in [2.24, 2.45) is 0 Å². The maximum absolute atomic E-state index is 10.9. The van der Waals surface area contributed by atoms with Crippen LogP contribution in [-0.4, -0.2) is 24.0 Å². The van der Waals surface area contributed by atoms with Crippen LogP contribution in [0.3, 0.4) is 0 Å². The number of nitrogens with zero attached hydrogens (tertiary/aromatic N) is 1. The molecule has 2 aromatic carbocycles. The van der Waals surface area contributed by atoms with E-state index in [-0.39, 0.29) is 6.54 Å². The number of carboxylic acids is 1. The molecule has 21 heavy (non-hydrogen) atoms. The van der Waals surface area contributed by atoms with Gasteiger partial charge < -0.3 is 14.7 Å². The topological polar surface area (TPSA) is 66.8 Å². The van der Waals surface area contributed by atoms with Gasteiger partial charge in [0.15, 0.2) is 0 Å². The second kappa shape index (κ2) is 7.09. The minimum absolute atomic E-state index is 0.367. The van der Waals surface area contributed by atoms with Crippen LogP contribution in [0.1, 0.15) is 5.56 Å². The maximum Gasteiger partial charge on any atom is 0.323 e. The van der Waals surface area contributed by atoms with Gasteiger partial charge in [0.05, 0.1) is 0 Å². The van der Waals surface area contributed by atoms with Crippen molar-refractivity contribution >= 4 is 18.1 Å². The first-order chi connectivity index (χ1) is 10.2. The number of carbonyl (C=O) groups is 2. The van der Waals surface area contributed by atoms with Crippen molar-refractivity contribution in [3.63, 3.8) is 0 Å². The molecule has 0 bridgehead atoms. The number of carboxylic acid groups (broad SMARTS) is 1. The Bertz CT molecular complexity index is 595. The standard InChI is InChI=1S/C16H15NO4/c18-12-17(10-16(19)20)14-6-8-15(9-7-14)21-11-13-4-2-1-3-5-13/h1-9,12H,10-11H2,(H,19,20). The fourth-order valence-electron chi connectivity index (χ4n) is 1.81. The molecule has 0 atom stereocenters. The van der Waals surface area contributed by atoms with Crippen LogP contribution in [0.25, 0.3) is 0 Å². The largest absolute Gasteiger partial charge is 0.489 e. The van der Waals surface area contributed by atoms with E-state index in [1.54, 1.807) is 24.3 Å². The summed E-state index contributed by atoms with van der Waals surface area (Å²) in [6, 6.07) is 16.5. The highest BCUT2D eigenvalue weighted by atomic mass is 16.5. The van der Waals surface area contributed by atoms with Crippen molar-refractivity contribution in [1.82, 2.24) is 0 Å². The number of carbonyl (C=O) groups excluding carboxylic acids is 1. The Morgan fingerprint density at radius 3 is 2.33 bits per heavy atom. The Labute approximate surface area is 122 Å². The summed E-state index contributed by atoms with van der Waals surface area (Å²) in [5.41, 5.74) is 1.57. The lowest BCUT2D eigenvalue weighted by atomic mass is 10.2. The Morgan fingerprint density at radius 2 is 1.76 bits per heavy atom. The van der Waals surface area contributed by atoms with Crippen molar-refractivity contribution in [1.29, 1.82) is 0 Å². The van der Waals surface area contributed by atoms with Gasteiger partial charge in [-0.2, -0.15) is 0 Å². The number of hydrogen-bond donors (Lipinski definition) is 1. The van der Waals surface area contributed by atoms with E-state index in [4.69, 9.17) is 9.84 Å². The Balaban J connectivity index is 1.98. The zero-order valence-corrected chi connectivity index (χ0v) is 11.3. The Morgan fingerprint density at radius 1 is 1.10 bits per heavy atom. The minimum atomic E-state index is -1.06. The molecule has 0 saturated carbocycles. The van der Waals surface area contributed by atoms with Crippen LogP contribution in [0.5, 0.6) is 5.75 Å². The van der Waals surface area contributed by atoms with Crippen LogP contribution in [0.15, 0.2) is 54.6 Å². The van der Waals surface area contributed by atoms with Gasteiger partial charge in [-0.15, -0.1) is 0 Å². The summed E-state index contributed by atoms with van der Waals surface area (Å²) < 4.78 is 5.62. The molecule has 0 heterocycles. The van der Waals surface area contributed by atoms with E-state index in [2.05, 4.69) is 0 Å². The number of amides is 1. The molecule has 1 N–H and O–H groups in total. The average Bonchev–Trinajstić information content (AvgIpc) is 2.52. The van der Waals surface area contributed by atoms with Gasteiger partial charge in [0.2, 0.25) is 6.41 Å². The van der Waals surface area contributed by atoms with Crippen molar-refractivity contribution in [3.8, 4) is 5.75 Å². The molecule has 0 aliphatic rings. The number of aliphatic carboxylic acids is 1. The second-order valence-corrected chi connectivity index (χ2v) is 4.40. The van der Waals surface area contributed by atoms with Crippen molar-refractivity contribution in [3.05, 3.63) is 60.2 Å².